The van der Waals surface area contributed by atoms with E-state index in [1.54, 1.807) is 6.07 Å². The van der Waals surface area contributed by atoms with E-state index in [0.29, 0.717) is 16.6 Å². The Bertz CT molecular complexity index is 475. The first-order valence-electron chi connectivity index (χ1n) is 6.95. The number of alkyl halides is 1. The second-order valence-corrected chi connectivity index (χ2v) is 7.22. The Morgan fingerprint density at radius 2 is 2.00 bits per heavy atom. The van der Waals surface area contributed by atoms with E-state index < -0.39 is 0 Å². The minimum absolute atomic E-state index is 0.0441. The van der Waals surface area contributed by atoms with Gasteiger partial charge in [0.2, 0.25) is 0 Å². The fraction of sp³-hybridized carbons (Fsp3) is 0.533. The topological polar surface area (TPSA) is 20.3 Å². The zero-order valence-electron chi connectivity index (χ0n) is 11.2. The Hall–Kier alpha value is -0.0600. The van der Waals surface area contributed by atoms with Gasteiger partial charge < -0.3 is 4.90 Å². The molecule has 110 valence electrons. The van der Waals surface area contributed by atoms with Gasteiger partial charge >= 0.3 is 0 Å². The average Bonchev–Trinajstić information content (AvgIpc) is 2.47. The van der Waals surface area contributed by atoms with Crippen molar-refractivity contribution >= 4 is 49.4 Å². The zero-order valence-corrected chi connectivity index (χ0v) is 15.2. The molecule has 1 aromatic carbocycles. The highest BCUT2D eigenvalue weighted by atomic mass is 79.9. The maximum Gasteiger partial charge on any atom is 0.255 e. The van der Waals surface area contributed by atoms with E-state index >= 15 is 0 Å². The van der Waals surface area contributed by atoms with Crippen molar-refractivity contribution in [1.29, 1.82) is 0 Å². The number of nitrogens with zero attached hydrogens (tertiary/aromatic N) is 1. The summed E-state index contributed by atoms with van der Waals surface area (Å²) in [5.74, 6) is 0.0441. The SMILES string of the molecule is O=C(c1cc(Br)ccc1Cl)N(CCBr)C1CCCCC1. The first-order valence-corrected chi connectivity index (χ1v) is 9.24. The summed E-state index contributed by atoms with van der Waals surface area (Å²) in [6.07, 6.45) is 5.91. The van der Waals surface area contributed by atoms with Gasteiger partial charge in [0.15, 0.2) is 0 Å². The summed E-state index contributed by atoms with van der Waals surface area (Å²) in [7, 11) is 0. The van der Waals surface area contributed by atoms with Crippen molar-refractivity contribution in [1.82, 2.24) is 4.90 Å². The molecule has 1 amide bonds. The highest BCUT2D eigenvalue weighted by Gasteiger charge is 2.27. The summed E-state index contributed by atoms with van der Waals surface area (Å²) in [6, 6.07) is 5.79. The molecule has 2 nitrogen and oxygen atoms in total. The van der Waals surface area contributed by atoms with Gasteiger partial charge in [-0.15, -0.1) is 0 Å². The average molecular weight is 424 g/mol. The van der Waals surface area contributed by atoms with E-state index in [-0.39, 0.29) is 5.91 Å². The molecule has 0 aliphatic heterocycles. The molecule has 1 aliphatic rings. The van der Waals surface area contributed by atoms with Crippen LogP contribution in [-0.2, 0) is 0 Å². The third-order valence-electron chi connectivity index (χ3n) is 3.76. The first kappa shape index (κ1) is 16.3. The Balaban J connectivity index is 2.23. The number of hydrogen-bond acceptors (Lipinski definition) is 1. The van der Waals surface area contributed by atoms with E-state index in [1.807, 2.05) is 17.0 Å². The fourth-order valence-electron chi connectivity index (χ4n) is 2.75. The van der Waals surface area contributed by atoms with Crippen molar-refractivity contribution in [3.05, 3.63) is 33.3 Å². The summed E-state index contributed by atoms with van der Waals surface area (Å²) in [5, 5.41) is 1.31. The predicted octanol–water partition coefficient (Wildman–Crippen LogP) is 5.27. The van der Waals surface area contributed by atoms with Crippen LogP contribution in [0.3, 0.4) is 0 Å². The first-order chi connectivity index (χ1) is 9.63. The molecule has 0 heterocycles. The molecule has 0 spiro atoms. The van der Waals surface area contributed by atoms with Crippen LogP contribution >= 0.6 is 43.5 Å². The lowest BCUT2D eigenvalue weighted by Crippen LogP contribution is -2.42. The molecule has 0 saturated heterocycles. The fourth-order valence-corrected chi connectivity index (χ4v) is 3.69. The molecule has 0 atom stereocenters. The Morgan fingerprint density at radius 3 is 2.65 bits per heavy atom. The Morgan fingerprint density at radius 1 is 1.30 bits per heavy atom. The Labute approximate surface area is 142 Å². The van der Waals surface area contributed by atoms with Gasteiger partial charge in [-0.25, -0.2) is 0 Å². The number of carbonyl (C=O) groups excluding carboxylic acids is 1. The molecule has 1 aliphatic carbocycles. The van der Waals surface area contributed by atoms with E-state index in [0.717, 1.165) is 29.2 Å². The van der Waals surface area contributed by atoms with Crippen LogP contribution in [0.25, 0.3) is 0 Å². The molecule has 0 N–H and O–H groups in total. The molecule has 1 aromatic rings. The van der Waals surface area contributed by atoms with Gasteiger partial charge in [0.1, 0.15) is 0 Å². The van der Waals surface area contributed by atoms with Crippen LogP contribution in [0.15, 0.2) is 22.7 Å². The summed E-state index contributed by atoms with van der Waals surface area (Å²) in [4.78, 5) is 14.8. The van der Waals surface area contributed by atoms with Crippen LogP contribution < -0.4 is 0 Å². The van der Waals surface area contributed by atoms with Crippen molar-refractivity contribution in [2.45, 2.75) is 38.1 Å². The quantitative estimate of drug-likeness (QED) is 0.604. The molecule has 2 rings (SSSR count). The number of amides is 1. The molecular formula is C15H18Br2ClNO. The molecule has 20 heavy (non-hydrogen) atoms. The number of benzene rings is 1. The van der Waals surface area contributed by atoms with Crippen LogP contribution in [0.2, 0.25) is 5.02 Å². The lowest BCUT2D eigenvalue weighted by molar-refractivity contribution is 0.0651. The minimum Gasteiger partial charge on any atom is -0.335 e. The van der Waals surface area contributed by atoms with Crippen molar-refractivity contribution in [2.75, 3.05) is 11.9 Å². The van der Waals surface area contributed by atoms with Gasteiger partial charge in [-0.2, -0.15) is 0 Å². The molecule has 1 fully saturated rings. The largest absolute Gasteiger partial charge is 0.335 e. The molecule has 1 saturated carbocycles. The Kier molecular flexibility index (Phi) is 6.37. The normalized spacial score (nSPS) is 16.1. The van der Waals surface area contributed by atoms with Gasteiger partial charge in [0.25, 0.3) is 5.91 Å². The predicted molar refractivity (Wildman–Crippen MR) is 90.9 cm³/mol. The standard InChI is InChI=1S/C15H18Br2ClNO/c16-8-9-19(12-4-2-1-3-5-12)15(20)13-10-11(17)6-7-14(13)18/h6-7,10,12H,1-5,8-9H2. The highest BCUT2D eigenvalue weighted by Crippen LogP contribution is 2.27. The monoisotopic (exact) mass is 421 g/mol. The van der Waals surface area contributed by atoms with Gasteiger partial charge in [-0.1, -0.05) is 62.7 Å². The number of rotatable bonds is 4. The van der Waals surface area contributed by atoms with Gasteiger partial charge in [-0.05, 0) is 31.0 Å². The smallest absolute Gasteiger partial charge is 0.255 e. The van der Waals surface area contributed by atoms with Crippen LogP contribution in [0.1, 0.15) is 42.5 Å². The maximum atomic E-state index is 12.8. The van der Waals surface area contributed by atoms with Crippen LogP contribution in [0.5, 0.6) is 0 Å². The third kappa shape index (κ3) is 3.99. The summed E-state index contributed by atoms with van der Waals surface area (Å²) >= 11 is 13.1. The number of carbonyl (C=O) groups is 1. The maximum absolute atomic E-state index is 12.8. The zero-order chi connectivity index (χ0) is 14.5. The number of halogens is 3. The molecule has 0 aromatic heterocycles. The lowest BCUT2D eigenvalue weighted by Gasteiger charge is -2.34. The third-order valence-corrected chi connectivity index (χ3v) is 4.94. The van der Waals surface area contributed by atoms with E-state index in [1.165, 1.54) is 19.3 Å². The molecule has 5 heteroatoms. The minimum atomic E-state index is 0.0441. The molecule has 0 bridgehead atoms. The molecule has 0 radical (unpaired) electrons. The molecule has 0 unspecified atom stereocenters. The van der Waals surface area contributed by atoms with Crippen molar-refractivity contribution in [2.24, 2.45) is 0 Å². The lowest BCUT2D eigenvalue weighted by atomic mass is 9.93. The number of hydrogen-bond donors (Lipinski definition) is 0. The molecular weight excluding hydrogens is 405 g/mol. The van der Waals surface area contributed by atoms with Crippen LogP contribution in [0, 0.1) is 0 Å². The second kappa shape index (κ2) is 7.81. The summed E-state index contributed by atoms with van der Waals surface area (Å²) in [5.41, 5.74) is 0.590. The summed E-state index contributed by atoms with van der Waals surface area (Å²) < 4.78 is 0.882. The summed E-state index contributed by atoms with van der Waals surface area (Å²) in [6.45, 7) is 0.729. The van der Waals surface area contributed by atoms with E-state index in [4.69, 9.17) is 11.6 Å². The van der Waals surface area contributed by atoms with Crippen molar-refractivity contribution in [3.8, 4) is 0 Å². The second-order valence-electron chi connectivity index (χ2n) is 5.10. The highest BCUT2D eigenvalue weighted by molar-refractivity contribution is 9.10. The van der Waals surface area contributed by atoms with Gasteiger partial charge in [-0.3, -0.25) is 4.79 Å². The van der Waals surface area contributed by atoms with Crippen molar-refractivity contribution in [3.63, 3.8) is 0 Å². The van der Waals surface area contributed by atoms with Gasteiger partial charge in [0, 0.05) is 22.4 Å². The van der Waals surface area contributed by atoms with Gasteiger partial charge in [0.05, 0.1) is 10.6 Å². The van der Waals surface area contributed by atoms with E-state index in [9.17, 15) is 4.79 Å². The van der Waals surface area contributed by atoms with Crippen LogP contribution in [0.4, 0.5) is 0 Å². The van der Waals surface area contributed by atoms with E-state index in [2.05, 4.69) is 31.9 Å². The van der Waals surface area contributed by atoms with Crippen molar-refractivity contribution < 1.29 is 4.79 Å². The van der Waals surface area contributed by atoms with Crippen LogP contribution in [-0.4, -0.2) is 28.7 Å².